The fourth-order valence-corrected chi connectivity index (χ4v) is 3.25. The Morgan fingerprint density at radius 1 is 1.35 bits per heavy atom. The average Bonchev–Trinajstić information content (AvgIpc) is 2.27. The van der Waals surface area contributed by atoms with Crippen LogP contribution in [0.25, 0.3) is 0 Å². The lowest BCUT2D eigenvalue weighted by atomic mass is 9.96. The Labute approximate surface area is 103 Å². The first kappa shape index (κ1) is 14.4. The second-order valence-electron chi connectivity index (χ2n) is 4.38. The van der Waals surface area contributed by atoms with Crippen molar-refractivity contribution in [1.29, 1.82) is 0 Å². The minimum Gasteiger partial charge on any atom is -0.465 e. The molecule has 1 N–H and O–H groups in total. The summed E-state index contributed by atoms with van der Waals surface area (Å²) >= 11 is 0. The van der Waals surface area contributed by atoms with Gasteiger partial charge in [-0.1, -0.05) is 0 Å². The Bertz CT molecular complexity index is 333. The van der Waals surface area contributed by atoms with Gasteiger partial charge in [0.05, 0.1) is 12.4 Å². The van der Waals surface area contributed by atoms with Crippen LogP contribution in [0.1, 0.15) is 26.2 Å². The van der Waals surface area contributed by atoms with E-state index in [4.69, 9.17) is 0 Å². The molecule has 0 aromatic heterocycles. The molecule has 0 bridgehead atoms. The molecule has 0 amide bonds. The summed E-state index contributed by atoms with van der Waals surface area (Å²) in [5, 5.41) is 3.24. The van der Waals surface area contributed by atoms with Crippen LogP contribution in [0, 0.1) is 5.92 Å². The summed E-state index contributed by atoms with van der Waals surface area (Å²) in [6.45, 7) is 3.81. The predicted octanol–water partition coefficient (Wildman–Crippen LogP) is 0.354. The van der Waals surface area contributed by atoms with E-state index in [0.717, 1.165) is 25.9 Å². The average molecular weight is 263 g/mol. The highest BCUT2D eigenvalue weighted by Gasteiger charge is 2.20. The summed E-state index contributed by atoms with van der Waals surface area (Å²) in [5.41, 5.74) is 0. The highest BCUT2D eigenvalue weighted by atomic mass is 32.2. The lowest BCUT2D eigenvalue weighted by molar-refractivity contribution is -0.139. The Morgan fingerprint density at radius 3 is 2.59 bits per heavy atom. The number of hydrogen-bond acceptors (Lipinski definition) is 5. The van der Waals surface area contributed by atoms with E-state index in [1.54, 1.807) is 6.92 Å². The van der Waals surface area contributed by atoms with Crippen molar-refractivity contribution < 1.29 is 17.9 Å². The molecule has 0 saturated carbocycles. The maximum atomic E-state index is 11.6. The molecule has 0 unspecified atom stereocenters. The molecule has 1 fully saturated rings. The van der Waals surface area contributed by atoms with E-state index in [1.165, 1.54) is 0 Å². The van der Waals surface area contributed by atoms with Gasteiger partial charge in [0.1, 0.15) is 5.75 Å². The molecule has 17 heavy (non-hydrogen) atoms. The third-order valence-corrected chi connectivity index (χ3v) is 4.47. The van der Waals surface area contributed by atoms with Crippen LogP contribution in [0.15, 0.2) is 0 Å². The largest absolute Gasteiger partial charge is 0.465 e. The Balaban J connectivity index is 2.30. The second-order valence-corrected chi connectivity index (χ2v) is 6.56. The Morgan fingerprint density at radius 2 is 2.00 bits per heavy atom. The van der Waals surface area contributed by atoms with Crippen molar-refractivity contribution in [3.63, 3.8) is 0 Å². The normalized spacial score (nSPS) is 17.9. The van der Waals surface area contributed by atoms with Gasteiger partial charge < -0.3 is 10.1 Å². The lowest BCUT2D eigenvalue weighted by Gasteiger charge is -2.22. The molecule has 100 valence electrons. The highest BCUT2D eigenvalue weighted by molar-refractivity contribution is 7.92. The molecule has 0 aromatic rings. The molecule has 1 aliphatic heterocycles. The molecule has 0 aromatic carbocycles. The van der Waals surface area contributed by atoms with Gasteiger partial charge in [-0.05, 0) is 45.2 Å². The molecule has 0 spiro atoms. The summed E-state index contributed by atoms with van der Waals surface area (Å²) in [6, 6.07) is 0. The van der Waals surface area contributed by atoms with Crippen LogP contribution in [0.2, 0.25) is 0 Å². The van der Waals surface area contributed by atoms with Gasteiger partial charge in [-0.15, -0.1) is 0 Å². The number of sulfone groups is 1. The molecule has 1 rings (SSSR count). The molecular weight excluding hydrogens is 242 g/mol. The Hall–Kier alpha value is -0.620. The summed E-state index contributed by atoms with van der Waals surface area (Å²) < 4.78 is 27.9. The number of carbonyl (C=O) groups is 1. The zero-order valence-corrected chi connectivity index (χ0v) is 11.1. The molecule has 1 aliphatic rings. The lowest BCUT2D eigenvalue weighted by Crippen LogP contribution is -2.29. The fourth-order valence-electron chi connectivity index (χ4n) is 1.97. The van der Waals surface area contributed by atoms with E-state index in [1.807, 2.05) is 0 Å². The monoisotopic (exact) mass is 263 g/mol. The van der Waals surface area contributed by atoms with Crippen molar-refractivity contribution in [1.82, 2.24) is 5.32 Å². The topological polar surface area (TPSA) is 72.5 Å². The second kappa shape index (κ2) is 6.96. The summed E-state index contributed by atoms with van der Waals surface area (Å²) in [6.07, 6.45) is 2.70. The summed E-state index contributed by atoms with van der Waals surface area (Å²) in [5.74, 6) is -0.562. The fraction of sp³-hybridized carbons (Fsp3) is 0.909. The standard InChI is InChI=1S/C11H21NO4S/c1-2-16-11(13)9-17(14,15)8-5-10-3-6-12-7-4-10/h10,12H,2-9H2,1H3. The van der Waals surface area contributed by atoms with Crippen molar-refractivity contribution in [2.75, 3.05) is 31.2 Å². The maximum absolute atomic E-state index is 11.6. The van der Waals surface area contributed by atoms with Crippen LogP contribution in [-0.4, -0.2) is 45.6 Å². The first-order valence-electron chi connectivity index (χ1n) is 6.10. The molecule has 0 aliphatic carbocycles. The van der Waals surface area contributed by atoms with Gasteiger partial charge in [0.2, 0.25) is 0 Å². The van der Waals surface area contributed by atoms with Gasteiger partial charge in [0.25, 0.3) is 0 Å². The number of rotatable bonds is 6. The molecule has 5 nitrogen and oxygen atoms in total. The maximum Gasteiger partial charge on any atom is 0.321 e. The molecule has 1 saturated heterocycles. The van der Waals surface area contributed by atoms with Crippen LogP contribution >= 0.6 is 0 Å². The molecule has 6 heteroatoms. The number of esters is 1. The van der Waals surface area contributed by atoms with Crippen LogP contribution < -0.4 is 5.32 Å². The quantitative estimate of drug-likeness (QED) is 0.700. The highest BCUT2D eigenvalue weighted by Crippen LogP contribution is 2.16. The van der Waals surface area contributed by atoms with E-state index in [-0.39, 0.29) is 12.4 Å². The van der Waals surface area contributed by atoms with Crippen molar-refractivity contribution in [2.45, 2.75) is 26.2 Å². The molecule has 1 heterocycles. The smallest absolute Gasteiger partial charge is 0.321 e. The predicted molar refractivity (Wildman–Crippen MR) is 65.5 cm³/mol. The molecule has 0 atom stereocenters. The van der Waals surface area contributed by atoms with Gasteiger partial charge in [0, 0.05) is 0 Å². The number of piperidine rings is 1. The molecule has 0 radical (unpaired) electrons. The van der Waals surface area contributed by atoms with Gasteiger partial charge in [0.15, 0.2) is 9.84 Å². The van der Waals surface area contributed by atoms with E-state index in [2.05, 4.69) is 10.1 Å². The van der Waals surface area contributed by atoms with Crippen LogP contribution in [0.5, 0.6) is 0 Å². The first-order chi connectivity index (χ1) is 8.03. The van der Waals surface area contributed by atoms with Crippen LogP contribution in [0.3, 0.4) is 0 Å². The van der Waals surface area contributed by atoms with Gasteiger partial charge in [-0.25, -0.2) is 8.42 Å². The minimum atomic E-state index is -3.30. The molecular formula is C11H21NO4S. The summed E-state index contributed by atoms with van der Waals surface area (Å²) in [7, 11) is -3.30. The van der Waals surface area contributed by atoms with Crippen LogP contribution in [0.4, 0.5) is 0 Å². The van der Waals surface area contributed by atoms with Gasteiger partial charge >= 0.3 is 5.97 Å². The number of ether oxygens (including phenoxy) is 1. The number of carbonyl (C=O) groups excluding carboxylic acids is 1. The SMILES string of the molecule is CCOC(=O)CS(=O)(=O)CCC1CCNCC1. The summed E-state index contributed by atoms with van der Waals surface area (Å²) in [4.78, 5) is 11.1. The Kier molecular flexibility index (Phi) is 5.91. The van der Waals surface area contributed by atoms with E-state index >= 15 is 0 Å². The zero-order chi connectivity index (χ0) is 12.7. The van der Waals surface area contributed by atoms with Crippen LogP contribution in [-0.2, 0) is 19.4 Å². The first-order valence-corrected chi connectivity index (χ1v) is 7.92. The minimum absolute atomic E-state index is 0.0937. The van der Waals surface area contributed by atoms with E-state index in [9.17, 15) is 13.2 Å². The number of hydrogen-bond donors (Lipinski definition) is 1. The van der Waals surface area contributed by atoms with Crippen molar-refractivity contribution in [2.24, 2.45) is 5.92 Å². The van der Waals surface area contributed by atoms with Gasteiger partial charge in [-0.2, -0.15) is 0 Å². The third kappa shape index (κ3) is 6.02. The van der Waals surface area contributed by atoms with Gasteiger partial charge in [-0.3, -0.25) is 4.79 Å². The van der Waals surface area contributed by atoms with Crippen molar-refractivity contribution in [3.8, 4) is 0 Å². The van der Waals surface area contributed by atoms with E-state index in [0.29, 0.717) is 12.3 Å². The number of nitrogens with one attached hydrogen (secondary N) is 1. The van der Waals surface area contributed by atoms with E-state index < -0.39 is 21.6 Å². The van der Waals surface area contributed by atoms with Crippen molar-refractivity contribution in [3.05, 3.63) is 0 Å². The third-order valence-electron chi connectivity index (χ3n) is 2.94. The zero-order valence-electron chi connectivity index (χ0n) is 10.3. The van der Waals surface area contributed by atoms with Crippen molar-refractivity contribution >= 4 is 15.8 Å².